The van der Waals surface area contributed by atoms with Gasteiger partial charge in [-0.05, 0) is 58.3 Å². The van der Waals surface area contributed by atoms with E-state index in [0.29, 0.717) is 0 Å². The zero-order valence-electron chi connectivity index (χ0n) is 15.4. The third kappa shape index (κ3) is 5.98. The molecular weight excluding hydrogens is 310 g/mol. The Bertz CT molecular complexity index is 605. The molecule has 1 saturated heterocycles. The molecule has 0 radical (unpaired) electrons. The van der Waals surface area contributed by atoms with Gasteiger partial charge in [-0.15, -0.1) is 0 Å². The molecule has 1 N–H and O–H groups in total. The van der Waals surface area contributed by atoms with Crippen molar-refractivity contribution >= 4 is 0 Å². The number of hydrogen-bond acceptors (Lipinski definition) is 4. The van der Waals surface area contributed by atoms with Crippen molar-refractivity contribution in [1.82, 2.24) is 15.4 Å². The zero-order valence-corrected chi connectivity index (χ0v) is 15.4. The van der Waals surface area contributed by atoms with Gasteiger partial charge in [0.1, 0.15) is 11.5 Å². The predicted molar refractivity (Wildman–Crippen MR) is 103 cm³/mol. The molecule has 25 heavy (non-hydrogen) atoms. The molecule has 2 aromatic rings. The Hall–Kier alpha value is -1.65. The van der Waals surface area contributed by atoms with Crippen LogP contribution in [0.3, 0.4) is 0 Å². The third-order valence-corrected chi connectivity index (χ3v) is 5.12. The average molecular weight is 341 g/mol. The summed E-state index contributed by atoms with van der Waals surface area (Å²) in [5, 5.41) is 7.63. The molecular formula is C21H31N3O. The van der Waals surface area contributed by atoms with Crippen LogP contribution in [0.4, 0.5) is 0 Å². The fraction of sp³-hybridized carbons (Fsp3) is 0.571. The lowest BCUT2D eigenvalue weighted by Crippen LogP contribution is -2.34. The van der Waals surface area contributed by atoms with E-state index in [2.05, 4.69) is 40.6 Å². The number of hydrogen-bond donors (Lipinski definition) is 1. The van der Waals surface area contributed by atoms with Gasteiger partial charge in [0.25, 0.3) is 0 Å². The van der Waals surface area contributed by atoms with Crippen LogP contribution in [0.15, 0.2) is 40.9 Å². The molecule has 3 rings (SSSR count). The van der Waals surface area contributed by atoms with Crippen molar-refractivity contribution in [2.75, 3.05) is 33.2 Å². The first-order valence-corrected chi connectivity index (χ1v) is 9.71. The van der Waals surface area contributed by atoms with Crippen LogP contribution in [0.25, 0.3) is 11.3 Å². The fourth-order valence-electron chi connectivity index (χ4n) is 3.63. The summed E-state index contributed by atoms with van der Waals surface area (Å²) < 4.78 is 5.48. The Morgan fingerprint density at radius 3 is 2.72 bits per heavy atom. The first-order chi connectivity index (χ1) is 12.3. The van der Waals surface area contributed by atoms with Crippen molar-refractivity contribution in [3.05, 3.63) is 42.2 Å². The van der Waals surface area contributed by atoms with Crippen molar-refractivity contribution in [3.63, 3.8) is 0 Å². The summed E-state index contributed by atoms with van der Waals surface area (Å²) in [6, 6.07) is 12.3. The van der Waals surface area contributed by atoms with Gasteiger partial charge in [0.05, 0.1) is 0 Å². The summed E-state index contributed by atoms with van der Waals surface area (Å²) in [6.45, 7) is 4.85. The minimum absolute atomic E-state index is 0.886. The highest BCUT2D eigenvalue weighted by atomic mass is 16.5. The van der Waals surface area contributed by atoms with Gasteiger partial charge in [-0.25, -0.2) is 0 Å². The monoisotopic (exact) mass is 341 g/mol. The Morgan fingerprint density at radius 2 is 1.92 bits per heavy atom. The molecule has 0 spiro atoms. The van der Waals surface area contributed by atoms with Gasteiger partial charge in [0.2, 0.25) is 0 Å². The van der Waals surface area contributed by atoms with E-state index in [1.807, 2.05) is 18.2 Å². The van der Waals surface area contributed by atoms with Crippen LogP contribution < -0.4 is 5.32 Å². The quantitative estimate of drug-likeness (QED) is 0.700. The second-order valence-electron chi connectivity index (χ2n) is 7.31. The van der Waals surface area contributed by atoms with Crippen molar-refractivity contribution in [3.8, 4) is 11.3 Å². The smallest absolute Gasteiger partial charge is 0.137 e. The number of unbranched alkanes of at least 4 members (excludes halogenated alkanes) is 2. The van der Waals surface area contributed by atoms with E-state index in [4.69, 9.17) is 4.52 Å². The summed E-state index contributed by atoms with van der Waals surface area (Å²) in [5.41, 5.74) is 2.06. The van der Waals surface area contributed by atoms with Gasteiger partial charge in [-0.1, -0.05) is 41.9 Å². The fourth-order valence-corrected chi connectivity index (χ4v) is 3.63. The van der Waals surface area contributed by atoms with Gasteiger partial charge < -0.3 is 14.7 Å². The van der Waals surface area contributed by atoms with Gasteiger partial charge in [-0.2, -0.15) is 0 Å². The molecule has 4 heteroatoms. The molecule has 1 aliphatic heterocycles. The first-order valence-electron chi connectivity index (χ1n) is 9.71. The van der Waals surface area contributed by atoms with E-state index in [1.54, 1.807) is 0 Å². The minimum Gasteiger partial charge on any atom is -0.361 e. The maximum atomic E-state index is 5.48. The molecule has 136 valence electrons. The highest BCUT2D eigenvalue weighted by Crippen LogP contribution is 2.19. The lowest BCUT2D eigenvalue weighted by atomic mass is 9.97. The lowest BCUT2D eigenvalue weighted by Gasteiger charge is -2.27. The van der Waals surface area contributed by atoms with E-state index in [9.17, 15) is 0 Å². The summed E-state index contributed by atoms with van der Waals surface area (Å²) >= 11 is 0. The minimum atomic E-state index is 0.886. The second-order valence-corrected chi connectivity index (χ2v) is 7.31. The van der Waals surface area contributed by atoms with Crippen LogP contribution in [0.1, 0.15) is 37.9 Å². The van der Waals surface area contributed by atoms with E-state index in [0.717, 1.165) is 29.4 Å². The van der Waals surface area contributed by atoms with Crippen LogP contribution in [-0.4, -0.2) is 43.3 Å². The van der Waals surface area contributed by atoms with Crippen LogP contribution in [-0.2, 0) is 6.42 Å². The van der Waals surface area contributed by atoms with Gasteiger partial charge in [0, 0.05) is 24.6 Å². The predicted octanol–water partition coefficient (Wildman–Crippen LogP) is 3.99. The molecule has 0 atom stereocenters. The molecule has 1 aromatic carbocycles. The molecule has 1 aliphatic rings. The molecule has 4 nitrogen and oxygen atoms in total. The Balaban J connectivity index is 1.30. The van der Waals surface area contributed by atoms with Gasteiger partial charge >= 0.3 is 0 Å². The van der Waals surface area contributed by atoms with Crippen LogP contribution in [0.5, 0.6) is 0 Å². The summed E-state index contributed by atoms with van der Waals surface area (Å²) in [7, 11) is 2.27. The standard InChI is InChI=1S/C21H31N3O/c1-24(17-18-11-13-22-14-12-18)15-7-3-6-10-20-16-21(23-25-20)19-8-4-2-5-9-19/h2,4-5,8-9,16,18,22H,3,6-7,10-15,17H2,1H3. The number of aryl methyl sites for hydroxylation is 1. The number of benzene rings is 1. The van der Waals surface area contributed by atoms with E-state index >= 15 is 0 Å². The van der Waals surface area contributed by atoms with Crippen LogP contribution >= 0.6 is 0 Å². The van der Waals surface area contributed by atoms with E-state index < -0.39 is 0 Å². The molecule has 1 fully saturated rings. The second kappa shape index (κ2) is 9.73. The SMILES string of the molecule is CN(CCCCCc1cc(-c2ccccc2)no1)CC1CCNCC1. The van der Waals surface area contributed by atoms with Crippen molar-refractivity contribution in [1.29, 1.82) is 0 Å². The topological polar surface area (TPSA) is 41.3 Å². The highest BCUT2D eigenvalue weighted by Gasteiger charge is 2.14. The Labute approximate surface area is 151 Å². The third-order valence-electron chi connectivity index (χ3n) is 5.12. The maximum absolute atomic E-state index is 5.48. The van der Waals surface area contributed by atoms with Crippen molar-refractivity contribution in [2.45, 2.75) is 38.5 Å². The largest absolute Gasteiger partial charge is 0.361 e. The number of piperidine rings is 1. The van der Waals surface area contributed by atoms with Gasteiger partial charge in [-0.3, -0.25) is 0 Å². The number of rotatable bonds is 9. The van der Waals surface area contributed by atoms with Crippen molar-refractivity contribution < 1.29 is 4.52 Å². The lowest BCUT2D eigenvalue weighted by molar-refractivity contribution is 0.236. The molecule has 0 saturated carbocycles. The van der Waals surface area contributed by atoms with E-state index in [1.165, 1.54) is 58.3 Å². The summed E-state index contributed by atoms with van der Waals surface area (Å²) in [6.07, 6.45) is 7.33. The normalized spacial score (nSPS) is 15.8. The number of nitrogens with one attached hydrogen (secondary N) is 1. The molecule has 0 bridgehead atoms. The average Bonchev–Trinajstić information content (AvgIpc) is 3.12. The summed E-state index contributed by atoms with van der Waals surface area (Å²) in [5.74, 6) is 1.89. The Morgan fingerprint density at radius 1 is 1.12 bits per heavy atom. The van der Waals surface area contributed by atoms with Crippen LogP contribution in [0, 0.1) is 5.92 Å². The molecule has 0 unspecified atom stereocenters. The zero-order chi connectivity index (χ0) is 17.3. The van der Waals surface area contributed by atoms with Crippen LogP contribution in [0.2, 0.25) is 0 Å². The maximum Gasteiger partial charge on any atom is 0.137 e. The molecule has 2 heterocycles. The molecule has 1 aromatic heterocycles. The van der Waals surface area contributed by atoms with E-state index in [-0.39, 0.29) is 0 Å². The van der Waals surface area contributed by atoms with Gasteiger partial charge in [0.15, 0.2) is 0 Å². The number of nitrogens with zero attached hydrogens (tertiary/aromatic N) is 2. The Kier molecular flexibility index (Phi) is 7.07. The molecule has 0 amide bonds. The van der Waals surface area contributed by atoms with Crippen molar-refractivity contribution in [2.24, 2.45) is 5.92 Å². The highest BCUT2D eigenvalue weighted by molar-refractivity contribution is 5.58. The molecule has 0 aliphatic carbocycles. The number of aromatic nitrogens is 1. The first kappa shape index (κ1) is 18.2. The summed E-state index contributed by atoms with van der Waals surface area (Å²) in [4.78, 5) is 2.51.